The molecular weight excluding hydrogens is 225 g/mol. The molecule has 1 atom stereocenters. The van der Waals surface area contributed by atoms with Gasteiger partial charge in [-0.15, -0.1) is 0 Å². The number of amides is 1. The minimum atomic E-state index is -0.156. The Balaban J connectivity index is 2.50. The molecule has 18 heavy (non-hydrogen) atoms. The molecule has 3 nitrogen and oxygen atoms in total. The summed E-state index contributed by atoms with van der Waals surface area (Å²) in [6, 6.07) is -0.123. The monoisotopic (exact) mass is 249 g/mol. The van der Waals surface area contributed by atoms with E-state index in [0.29, 0.717) is 11.7 Å². The quantitative estimate of drug-likeness (QED) is 0.556. The van der Waals surface area contributed by atoms with Gasteiger partial charge in [0.1, 0.15) is 5.76 Å². The third kappa shape index (κ3) is 5.15. The second-order valence-corrected chi connectivity index (χ2v) is 5.44. The molecule has 2 radical (unpaired) electrons. The third-order valence-corrected chi connectivity index (χ3v) is 3.24. The van der Waals surface area contributed by atoms with Gasteiger partial charge >= 0.3 is 0 Å². The number of carbonyl (C=O) groups excluding carboxylic acids is 1. The Morgan fingerprint density at radius 2 is 2.06 bits per heavy atom. The summed E-state index contributed by atoms with van der Waals surface area (Å²) >= 11 is 0. The van der Waals surface area contributed by atoms with Crippen LogP contribution in [0.15, 0.2) is 12.3 Å². The highest BCUT2D eigenvalue weighted by molar-refractivity contribution is 6.19. The largest absolute Gasteiger partial charge is 0.493 e. The first kappa shape index (κ1) is 15.1. The smallest absolute Gasteiger partial charge is 0.211 e. The fourth-order valence-corrected chi connectivity index (χ4v) is 2.30. The number of carbonyl (C=O) groups is 1. The van der Waals surface area contributed by atoms with E-state index in [2.05, 4.69) is 25.7 Å². The summed E-state index contributed by atoms with van der Waals surface area (Å²) in [7, 11) is 5.33. The van der Waals surface area contributed by atoms with E-state index in [1.807, 2.05) is 0 Å². The highest BCUT2D eigenvalue weighted by Crippen LogP contribution is 2.25. The molecular formula is C14H24BNO2. The minimum absolute atomic E-state index is 0.00526. The Hall–Kier alpha value is -0.925. The highest BCUT2D eigenvalue weighted by atomic mass is 16.5. The lowest BCUT2D eigenvalue weighted by Gasteiger charge is -2.25. The van der Waals surface area contributed by atoms with E-state index in [9.17, 15) is 4.79 Å². The Kier molecular flexibility index (Phi) is 6.30. The maximum absolute atomic E-state index is 11.4. The van der Waals surface area contributed by atoms with Gasteiger partial charge in [-0.25, -0.2) is 0 Å². The van der Waals surface area contributed by atoms with Crippen LogP contribution in [-0.4, -0.2) is 25.9 Å². The third-order valence-electron chi connectivity index (χ3n) is 3.24. The van der Waals surface area contributed by atoms with Crippen LogP contribution >= 0.6 is 0 Å². The summed E-state index contributed by atoms with van der Waals surface area (Å²) in [5, 5.41) is 2.88. The number of nitrogens with one attached hydrogen (secondary N) is 1. The molecule has 0 aromatic heterocycles. The average molecular weight is 249 g/mol. The molecule has 1 aliphatic carbocycles. The van der Waals surface area contributed by atoms with Crippen LogP contribution < -0.4 is 5.32 Å². The molecule has 1 amide bonds. The number of rotatable bonds is 7. The predicted molar refractivity (Wildman–Crippen MR) is 74.4 cm³/mol. The second kappa shape index (κ2) is 7.50. The maximum atomic E-state index is 11.4. The lowest BCUT2D eigenvalue weighted by atomic mass is 10.00. The Morgan fingerprint density at radius 1 is 1.44 bits per heavy atom. The van der Waals surface area contributed by atoms with Crippen LogP contribution in [0.5, 0.6) is 0 Å². The van der Waals surface area contributed by atoms with Crippen molar-refractivity contribution in [1.82, 2.24) is 5.32 Å². The predicted octanol–water partition coefficient (Wildman–Crippen LogP) is 2.58. The van der Waals surface area contributed by atoms with Crippen molar-refractivity contribution in [1.29, 1.82) is 0 Å². The lowest BCUT2D eigenvalue weighted by molar-refractivity contribution is -0.119. The first-order valence-corrected chi connectivity index (χ1v) is 6.87. The fraction of sp³-hybridized carbons (Fsp3) is 0.786. The zero-order valence-corrected chi connectivity index (χ0v) is 11.6. The Morgan fingerprint density at radius 3 is 2.56 bits per heavy atom. The van der Waals surface area contributed by atoms with Crippen molar-refractivity contribution in [2.75, 3.05) is 0 Å². The Labute approximate surface area is 112 Å². The van der Waals surface area contributed by atoms with Gasteiger partial charge in [-0.05, 0) is 44.3 Å². The van der Waals surface area contributed by atoms with E-state index >= 15 is 0 Å². The molecule has 1 aliphatic rings. The molecule has 100 valence electrons. The van der Waals surface area contributed by atoms with Crippen LogP contribution in [0.1, 0.15) is 46.0 Å². The van der Waals surface area contributed by atoms with Crippen molar-refractivity contribution in [2.24, 2.45) is 5.92 Å². The summed E-state index contributed by atoms with van der Waals surface area (Å²) in [6.45, 7) is 8.21. The zero-order chi connectivity index (χ0) is 13.5. The summed E-state index contributed by atoms with van der Waals surface area (Å²) in [4.78, 5) is 11.4. The van der Waals surface area contributed by atoms with Crippen LogP contribution in [0, 0.1) is 5.92 Å². The molecule has 0 aromatic rings. The van der Waals surface area contributed by atoms with Crippen LogP contribution in [0.3, 0.4) is 0 Å². The van der Waals surface area contributed by atoms with E-state index in [1.54, 1.807) is 0 Å². The standard InChI is InChI=1S/C14H24BNO2/c1-10(2)8-13(16-14(17)9-15)11(3)18-12-6-4-5-7-12/h10,12-13H,3-9H2,1-2H3,(H,16,17)/t13-/m0/s1. The number of ether oxygens (including phenoxy) is 1. The average Bonchev–Trinajstić information content (AvgIpc) is 2.80. The van der Waals surface area contributed by atoms with Crippen LogP contribution in [0.25, 0.3) is 0 Å². The molecule has 1 fully saturated rings. The van der Waals surface area contributed by atoms with E-state index < -0.39 is 0 Å². The van der Waals surface area contributed by atoms with Crippen LogP contribution in [-0.2, 0) is 9.53 Å². The summed E-state index contributed by atoms with van der Waals surface area (Å²) in [6.07, 6.45) is 5.75. The van der Waals surface area contributed by atoms with Crippen LogP contribution in [0.2, 0.25) is 6.32 Å². The van der Waals surface area contributed by atoms with Gasteiger partial charge in [0.15, 0.2) is 0 Å². The van der Waals surface area contributed by atoms with Gasteiger partial charge in [0.05, 0.1) is 20.0 Å². The van der Waals surface area contributed by atoms with Gasteiger partial charge < -0.3 is 10.1 Å². The van der Waals surface area contributed by atoms with E-state index in [-0.39, 0.29) is 24.4 Å². The topological polar surface area (TPSA) is 38.3 Å². The fourth-order valence-electron chi connectivity index (χ4n) is 2.30. The van der Waals surface area contributed by atoms with Gasteiger partial charge in [0.2, 0.25) is 5.91 Å². The van der Waals surface area contributed by atoms with E-state index in [1.165, 1.54) is 12.8 Å². The summed E-state index contributed by atoms with van der Waals surface area (Å²) in [5.41, 5.74) is 0. The normalized spacial score (nSPS) is 17.7. The summed E-state index contributed by atoms with van der Waals surface area (Å²) < 4.78 is 5.87. The van der Waals surface area contributed by atoms with E-state index in [4.69, 9.17) is 12.6 Å². The first-order chi connectivity index (χ1) is 8.52. The van der Waals surface area contributed by atoms with Gasteiger partial charge in [-0.3, -0.25) is 4.79 Å². The molecule has 0 spiro atoms. The zero-order valence-electron chi connectivity index (χ0n) is 11.6. The first-order valence-electron chi connectivity index (χ1n) is 6.87. The molecule has 1 N–H and O–H groups in total. The summed E-state index contributed by atoms with van der Waals surface area (Å²) in [5.74, 6) is 0.992. The second-order valence-electron chi connectivity index (χ2n) is 5.44. The van der Waals surface area contributed by atoms with Gasteiger partial charge in [0.25, 0.3) is 0 Å². The molecule has 0 unspecified atom stereocenters. The van der Waals surface area contributed by atoms with Crippen molar-refractivity contribution in [3.05, 3.63) is 12.3 Å². The SMILES string of the molecule is [B]CC(=O)N[C@@H](CC(C)C)C(=C)OC1CCCC1. The molecule has 0 aromatic carbocycles. The van der Waals surface area contributed by atoms with Crippen molar-refractivity contribution in [2.45, 2.75) is 64.4 Å². The number of hydrogen-bond acceptors (Lipinski definition) is 2. The molecule has 0 aliphatic heterocycles. The lowest BCUT2D eigenvalue weighted by Crippen LogP contribution is -2.38. The van der Waals surface area contributed by atoms with Crippen LogP contribution in [0.4, 0.5) is 0 Å². The highest BCUT2D eigenvalue weighted by Gasteiger charge is 2.22. The molecule has 0 saturated heterocycles. The molecule has 4 heteroatoms. The maximum Gasteiger partial charge on any atom is 0.211 e. The van der Waals surface area contributed by atoms with E-state index in [0.717, 1.165) is 19.3 Å². The van der Waals surface area contributed by atoms with Crippen molar-refractivity contribution in [3.63, 3.8) is 0 Å². The van der Waals surface area contributed by atoms with Crippen molar-refractivity contribution in [3.8, 4) is 0 Å². The van der Waals surface area contributed by atoms with Crippen molar-refractivity contribution >= 4 is 13.8 Å². The van der Waals surface area contributed by atoms with Crippen molar-refractivity contribution < 1.29 is 9.53 Å². The van der Waals surface area contributed by atoms with Gasteiger partial charge in [-0.2, -0.15) is 0 Å². The minimum Gasteiger partial charge on any atom is -0.493 e. The number of hydrogen-bond donors (Lipinski definition) is 1. The molecule has 0 bridgehead atoms. The molecule has 0 heterocycles. The van der Waals surface area contributed by atoms with Gasteiger partial charge in [-0.1, -0.05) is 20.4 Å². The van der Waals surface area contributed by atoms with Gasteiger partial charge in [0, 0.05) is 0 Å². The molecule has 1 saturated carbocycles. The molecule has 1 rings (SSSR count). The Bertz CT molecular complexity index is 286.